The van der Waals surface area contributed by atoms with Gasteiger partial charge in [-0.3, -0.25) is 0 Å². The first kappa shape index (κ1) is 15.7. The second-order valence-electron chi connectivity index (χ2n) is 2.97. The molecule has 1 aromatic carbocycles. The summed E-state index contributed by atoms with van der Waals surface area (Å²) in [4.78, 5) is 11.4. The maximum atomic E-state index is 11.4. The molecule has 0 saturated carbocycles. The van der Waals surface area contributed by atoms with Gasteiger partial charge >= 0.3 is 117 Å². The van der Waals surface area contributed by atoms with Crippen molar-refractivity contribution in [3.05, 3.63) is 29.8 Å². The van der Waals surface area contributed by atoms with Crippen LogP contribution in [0.1, 0.15) is 10.4 Å². The summed E-state index contributed by atoms with van der Waals surface area (Å²) in [6, 6.07) is 6.00. The molecule has 0 aliphatic carbocycles. The van der Waals surface area contributed by atoms with E-state index in [4.69, 9.17) is 50.5 Å². The van der Waals surface area contributed by atoms with Crippen LogP contribution in [-0.2, 0) is 13.5 Å². The summed E-state index contributed by atoms with van der Waals surface area (Å²) in [6.45, 7) is 0. The molecule has 3 nitrogen and oxygen atoms in total. The number of para-hydroxylation sites is 1. The molecule has 0 amide bonds. The van der Waals surface area contributed by atoms with Crippen molar-refractivity contribution in [2.45, 2.75) is 0 Å². The van der Waals surface area contributed by atoms with Gasteiger partial charge in [-0.05, 0) is 0 Å². The van der Waals surface area contributed by atoms with Crippen LogP contribution in [-0.4, -0.2) is 13.1 Å². The molecule has 0 aliphatic rings. The van der Waals surface area contributed by atoms with Crippen molar-refractivity contribution in [3.8, 4) is 5.75 Å². The molecule has 0 aromatic heterocycles. The molecule has 17 heavy (non-hydrogen) atoms. The van der Waals surface area contributed by atoms with Crippen LogP contribution in [0.4, 0.5) is 0 Å². The van der Waals surface area contributed by atoms with Gasteiger partial charge in [0.2, 0.25) is 0 Å². The van der Waals surface area contributed by atoms with Crippen LogP contribution >= 0.6 is 47.1 Å². The number of methoxy groups -OCH3 is 1. The molecule has 1 aromatic rings. The van der Waals surface area contributed by atoms with Crippen molar-refractivity contribution in [3.63, 3.8) is 0 Å². The third-order valence-corrected chi connectivity index (χ3v) is 5.89. The standard InChI is InChI=1S/C8H8O3.5ClH.W/c1-11-8(10)6-4-2-3-5-7(6)9;;;;;;/h2-5,9H,1H3;5*1H;/q;;;;;;+6/p-6. The molecular weight excluding hydrogens is 505 g/mol. The van der Waals surface area contributed by atoms with Crippen molar-refractivity contribution in [2.24, 2.45) is 0 Å². The van der Waals surface area contributed by atoms with Gasteiger partial charge in [-0.25, -0.2) is 0 Å². The topological polar surface area (TPSA) is 35.5 Å². The third-order valence-electron chi connectivity index (χ3n) is 1.54. The number of carbonyl (C=O) groups is 1. The number of rotatable bonds is 3. The monoisotopic (exact) mass is 510 g/mol. The summed E-state index contributed by atoms with van der Waals surface area (Å²) >= 11 is 0. The van der Waals surface area contributed by atoms with Gasteiger partial charge in [-0.1, -0.05) is 0 Å². The fraction of sp³-hybridized carbons (Fsp3) is 0.125. The average Bonchev–Trinajstić information content (AvgIpc) is 2.13. The Morgan fingerprint density at radius 3 is 2.12 bits per heavy atom. The van der Waals surface area contributed by atoms with E-state index in [2.05, 4.69) is 4.74 Å². The zero-order valence-corrected chi connectivity index (χ0v) is 15.0. The van der Waals surface area contributed by atoms with E-state index in [0.29, 0.717) is 0 Å². The van der Waals surface area contributed by atoms with E-state index in [1.165, 1.54) is 19.2 Å². The normalized spacial score (nSPS) is 15.6. The Balaban J connectivity index is 3.22. The van der Waals surface area contributed by atoms with Crippen LogP contribution < -0.4 is 3.39 Å². The first-order valence-electron chi connectivity index (χ1n) is 4.04. The molecular formula is C8H7Cl5O3W. The predicted molar refractivity (Wildman–Crippen MR) is 67.7 cm³/mol. The Bertz CT molecular complexity index is 455. The van der Waals surface area contributed by atoms with Gasteiger partial charge in [0.25, 0.3) is 0 Å². The summed E-state index contributed by atoms with van der Waals surface area (Å²) < 4.78 is 9.60. The molecule has 0 heterocycles. The van der Waals surface area contributed by atoms with Crippen molar-refractivity contribution in [1.82, 2.24) is 0 Å². The Kier molecular flexibility index (Phi) is 3.99. The van der Waals surface area contributed by atoms with Crippen LogP contribution in [0.3, 0.4) is 0 Å². The van der Waals surface area contributed by atoms with E-state index in [1.807, 2.05) is 0 Å². The number of halogens is 5. The second kappa shape index (κ2) is 4.33. The van der Waals surface area contributed by atoms with Gasteiger partial charge in [0.15, 0.2) is 0 Å². The number of benzene rings is 1. The Hall–Kier alpha value is 0.628. The van der Waals surface area contributed by atoms with E-state index in [9.17, 15) is 4.79 Å². The Morgan fingerprint density at radius 1 is 1.12 bits per heavy atom. The SMILES string of the molecule is COC(=O)c1ccccc1[O][W]([Cl])([Cl])([Cl])([Cl])[Cl]. The average molecular weight is 512 g/mol. The number of ether oxygens (including phenoxy) is 1. The fourth-order valence-electron chi connectivity index (χ4n) is 0.988. The van der Waals surface area contributed by atoms with Gasteiger partial charge < -0.3 is 0 Å². The third kappa shape index (κ3) is 5.87. The van der Waals surface area contributed by atoms with Gasteiger partial charge in [0.05, 0.1) is 0 Å². The first-order valence-corrected chi connectivity index (χ1v) is 23.4. The first-order chi connectivity index (χ1) is 7.41. The molecule has 0 unspecified atom stereocenters. The fourth-order valence-corrected chi connectivity index (χ4v) is 5.51. The molecule has 0 bridgehead atoms. The molecule has 0 saturated heterocycles. The molecule has 1 rings (SSSR count). The number of esters is 1. The number of hydrogen-bond acceptors (Lipinski definition) is 3. The van der Waals surface area contributed by atoms with Gasteiger partial charge in [-0.2, -0.15) is 0 Å². The Morgan fingerprint density at radius 2 is 1.65 bits per heavy atom. The predicted octanol–water partition coefficient (Wildman–Crippen LogP) is 4.76. The molecule has 9 heteroatoms. The molecule has 0 atom stereocenters. The molecule has 0 aliphatic heterocycles. The van der Waals surface area contributed by atoms with Crippen molar-refractivity contribution >= 4 is 53.1 Å². The van der Waals surface area contributed by atoms with Crippen LogP contribution in [0.2, 0.25) is 0 Å². The maximum absolute atomic E-state index is 11.4. The van der Waals surface area contributed by atoms with Crippen LogP contribution in [0.15, 0.2) is 24.3 Å². The summed E-state index contributed by atoms with van der Waals surface area (Å²) in [6.07, 6.45) is 0. The summed E-state index contributed by atoms with van der Waals surface area (Å²) in [5.41, 5.74) is 0.0655. The summed E-state index contributed by atoms with van der Waals surface area (Å²) in [7, 11) is 23.4. The quantitative estimate of drug-likeness (QED) is 0.549. The van der Waals surface area contributed by atoms with Crippen molar-refractivity contribution in [1.29, 1.82) is 0 Å². The van der Waals surface area contributed by atoms with Gasteiger partial charge in [0, 0.05) is 0 Å². The second-order valence-corrected chi connectivity index (χ2v) is 53.4. The molecule has 0 spiro atoms. The molecule has 0 N–H and O–H groups in total. The summed E-state index contributed by atoms with van der Waals surface area (Å²) in [5, 5.41) is 0. The zero-order valence-electron chi connectivity index (χ0n) is 8.33. The Labute approximate surface area is 116 Å². The van der Waals surface area contributed by atoms with Crippen molar-refractivity contribution < 1.29 is 21.7 Å². The molecule has 0 radical (unpaired) electrons. The molecule has 0 fully saturated rings. The van der Waals surface area contributed by atoms with E-state index < -0.39 is 14.7 Å². The van der Waals surface area contributed by atoms with Gasteiger partial charge in [-0.15, -0.1) is 0 Å². The minimum absolute atomic E-state index is 0.0407. The van der Waals surface area contributed by atoms with Crippen LogP contribution in [0.5, 0.6) is 5.75 Å². The van der Waals surface area contributed by atoms with E-state index in [0.717, 1.165) is 0 Å². The van der Waals surface area contributed by atoms with Gasteiger partial charge in [0.1, 0.15) is 0 Å². The van der Waals surface area contributed by atoms with E-state index >= 15 is 0 Å². The molecule has 98 valence electrons. The zero-order chi connectivity index (χ0) is 13.4. The van der Waals surface area contributed by atoms with E-state index in [1.54, 1.807) is 12.1 Å². The minimum atomic E-state index is -6.22. The number of carbonyl (C=O) groups excluding carboxylic acids is 1. The van der Waals surface area contributed by atoms with Crippen LogP contribution in [0, 0.1) is 0 Å². The number of hydrogen-bond donors (Lipinski definition) is 0. The summed E-state index contributed by atoms with van der Waals surface area (Å²) in [5.74, 6) is -0.693. The van der Waals surface area contributed by atoms with Crippen LogP contribution in [0.25, 0.3) is 0 Å². The van der Waals surface area contributed by atoms with Crippen molar-refractivity contribution in [2.75, 3.05) is 7.11 Å². The van der Waals surface area contributed by atoms with E-state index in [-0.39, 0.29) is 11.3 Å².